The maximum Gasteiger partial charge on any atom is 0.200 e. The molecule has 0 aromatic carbocycles. The second-order valence-electron chi connectivity index (χ2n) is 2.84. The van der Waals surface area contributed by atoms with Crippen molar-refractivity contribution in [2.75, 3.05) is 19.0 Å². The SMILES string of the molecule is COC(C)CNc1ncc(C)[nH]1. The fourth-order valence-electron chi connectivity index (χ4n) is 0.826. The highest BCUT2D eigenvalue weighted by Gasteiger charge is 2.00. The molecule has 0 spiro atoms. The summed E-state index contributed by atoms with van der Waals surface area (Å²) in [6.07, 6.45) is 2.00. The van der Waals surface area contributed by atoms with E-state index in [-0.39, 0.29) is 6.10 Å². The maximum absolute atomic E-state index is 5.07. The van der Waals surface area contributed by atoms with Crippen LogP contribution < -0.4 is 5.32 Å². The third-order valence-corrected chi connectivity index (χ3v) is 1.66. The van der Waals surface area contributed by atoms with Gasteiger partial charge in [-0.25, -0.2) is 4.98 Å². The lowest BCUT2D eigenvalue weighted by Crippen LogP contribution is -2.18. The summed E-state index contributed by atoms with van der Waals surface area (Å²) >= 11 is 0. The van der Waals surface area contributed by atoms with Gasteiger partial charge in [-0.2, -0.15) is 0 Å². The number of hydrogen-bond acceptors (Lipinski definition) is 3. The Labute approximate surface area is 72.3 Å². The molecule has 1 unspecified atom stereocenters. The highest BCUT2D eigenvalue weighted by Crippen LogP contribution is 2.00. The molecule has 1 atom stereocenters. The second kappa shape index (κ2) is 4.11. The maximum atomic E-state index is 5.07. The van der Waals surface area contributed by atoms with Crippen LogP contribution in [0.15, 0.2) is 6.20 Å². The summed E-state index contributed by atoms with van der Waals surface area (Å²) < 4.78 is 5.07. The van der Waals surface area contributed by atoms with Crippen LogP contribution in [-0.2, 0) is 4.74 Å². The second-order valence-corrected chi connectivity index (χ2v) is 2.84. The van der Waals surface area contributed by atoms with Crippen molar-refractivity contribution >= 4 is 5.95 Å². The molecule has 0 saturated carbocycles. The van der Waals surface area contributed by atoms with Crippen LogP contribution in [0, 0.1) is 6.92 Å². The Morgan fingerprint density at radius 1 is 1.75 bits per heavy atom. The van der Waals surface area contributed by atoms with E-state index in [9.17, 15) is 0 Å². The number of rotatable bonds is 4. The summed E-state index contributed by atoms with van der Waals surface area (Å²) in [5.41, 5.74) is 1.06. The smallest absolute Gasteiger partial charge is 0.200 e. The molecule has 0 aliphatic rings. The molecule has 0 bridgehead atoms. The summed E-state index contributed by atoms with van der Waals surface area (Å²) in [6.45, 7) is 4.74. The number of H-pyrrole nitrogens is 1. The number of nitrogens with zero attached hydrogens (tertiary/aromatic N) is 1. The number of anilines is 1. The van der Waals surface area contributed by atoms with Gasteiger partial charge in [0, 0.05) is 25.5 Å². The average molecular weight is 169 g/mol. The van der Waals surface area contributed by atoms with Crippen molar-refractivity contribution in [3.05, 3.63) is 11.9 Å². The first-order valence-electron chi connectivity index (χ1n) is 4.00. The van der Waals surface area contributed by atoms with Gasteiger partial charge in [0.05, 0.1) is 6.10 Å². The fourth-order valence-corrected chi connectivity index (χ4v) is 0.826. The minimum Gasteiger partial charge on any atom is -0.380 e. The largest absolute Gasteiger partial charge is 0.380 e. The van der Waals surface area contributed by atoms with Crippen molar-refractivity contribution in [3.63, 3.8) is 0 Å². The zero-order chi connectivity index (χ0) is 8.97. The van der Waals surface area contributed by atoms with E-state index in [0.717, 1.165) is 18.2 Å². The molecule has 0 aliphatic carbocycles. The Kier molecular flexibility index (Phi) is 3.10. The van der Waals surface area contributed by atoms with Gasteiger partial charge in [-0.05, 0) is 13.8 Å². The number of ether oxygens (including phenoxy) is 1. The van der Waals surface area contributed by atoms with E-state index in [0.29, 0.717) is 0 Å². The number of aryl methyl sites for hydroxylation is 1. The number of aromatic amines is 1. The molecule has 4 nitrogen and oxygen atoms in total. The van der Waals surface area contributed by atoms with E-state index >= 15 is 0 Å². The molecule has 2 N–H and O–H groups in total. The van der Waals surface area contributed by atoms with Crippen molar-refractivity contribution in [1.82, 2.24) is 9.97 Å². The van der Waals surface area contributed by atoms with Crippen LogP contribution in [0.4, 0.5) is 5.95 Å². The predicted molar refractivity (Wildman–Crippen MR) is 48.3 cm³/mol. The first-order chi connectivity index (χ1) is 5.72. The third kappa shape index (κ3) is 2.54. The minimum absolute atomic E-state index is 0.204. The van der Waals surface area contributed by atoms with Gasteiger partial charge in [0.25, 0.3) is 0 Å². The summed E-state index contributed by atoms with van der Waals surface area (Å²) in [4.78, 5) is 7.18. The van der Waals surface area contributed by atoms with Crippen LogP contribution in [0.5, 0.6) is 0 Å². The quantitative estimate of drug-likeness (QED) is 0.711. The molecule has 1 rings (SSSR count). The van der Waals surface area contributed by atoms with Crippen LogP contribution in [0.3, 0.4) is 0 Å². The number of imidazole rings is 1. The van der Waals surface area contributed by atoms with E-state index in [1.54, 1.807) is 13.3 Å². The molecular weight excluding hydrogens is 154 g/mol. The molecule has 0 amide bonds. The molecular formula is C8H15N3O. The summed E-state index contributed by atoms with van der Waals surface area (Å²) in [7, 11) is 1.69. The van der Waals surface area contributed by atoms with Gasteiger partial charge in [-0.3, -0.25) is 0 Å². The Morgan fingerprint density at radius 3 is 3.00 bits per heavy atom. The normalized spacial score (nSPS) is 12.9. The molecule has 4 heteroatoms. The van der Waals surface area contributed by atoms with E-state index < -0.39 is 0 Å². The van der Waals surface area contributed by atoms with Gasteiger partial charge in [0.1, 0.15) is 0 Å². The zero-order valence-corrected chi connectivity index (χ0v) is 7.72. The number of aromatic nitrogens is 2. The fraction of sp³-hybridized carbons (Fsp3) is 0.625. The highest BCUT2D eigenvalue weighted by atomic mass is 16.5. The Balaban J connectivity index is 2.33. The van der Waals surface area contributed by atoms with Crippen LogP contribution in [0.25, 0.3) is 0 Å². The molecule has 1 heterocycles. The summed E-state index contributed by atoms with van der Waals surface area (Å²) in [5.74, 6) is 0.802. The lowest BCUT2D eigenvalue weighted by Gasteiger charge is -2.09. The molecule has 0 radical (unpaired) electrons. The molecule has 0 aliphatic heterocycles. The summed E-state index contributed by atoms with van der Waals surface area (Å²) in [5, 5.41) is 3.12. The first-order valence-corrected chi connectivity index (χ1v) is 4.00. The third-order valence-electron chi connectivity index (χ3n) is 1.66. The van der Waals surface area contributed by atoms with Crippen molar-refractivity contribution in [3.8, 4) is 0 Å². The van der Waals surface area contributed by atoms with Crippen LogP contribution in [0.1, 0.15) is 12.6 Å². The van der Waals surface area contributed by atoms with E-state index in [1.807, 2.05) is 13.8 Å². The van der Waals surface area contributed by atoms with Gasteiger partial charge < -0.3 is 15.0 Å². The Hall–Kier alpha value is -1.03. The molecule has 12 heavy (non-hydrogen) atoms. The standard InChI is InChI=1S/C8H15N3O/c1-6-4-9-8(11-6)10-5-7(2)12-3/h4,7H,5H2,1-3H3,(H2,9,10,11). The number of nitrogens with one attached hydrogen (secondary N) is 2. The van der Waals surface area contributed by atoms with Crippen molar-refractivity contribution in [2.45, 2.75) is 20.0 Å². The highest BCUT2D eigenvalue weighted by molar-refractivity contribution is 5.25. The predicted octanol–water partition coefficient (Wildman–Crippen LogP) is 1.16. The lowest BCUT2D eigenvalue weighted by atomic mass is 10.4. The molecule has 0 saturated heterocycles. The summed E-state index contributed by atoms with van der Waals surface area (Å²) in [6, 6.07) is 0. The lowest BCUT2D eigenvalue weighted by molar-refractivity contribution is 0.128. The van der Waals surface area contributed by atoms with Crippen LogP contribution in [-0.4, -0.2) is 29.7 Å². The van der Waals surface area contributed by atoms with Gasteiger partial charge in [-0.15, -0.1) is 0 Å². The van der Waals surface area contributed by atoms with Crippen molar-refractivity contribution in [1.29, 1.82) is 0 Å². The monoisotopic (exact) mass is 169 g/mol. The Morgan fingerprint density at radius 2 is 2.50 bits per heavy atom. The van der Waals surface area contributed by atoms with E-state index in [4.69, 9.17) is 4.74 Å². The van der Waals surface area contributed by atoms with Crippen LogP contribution in [0.2, 0.25) is 0 Å². The van der Waals surface area contributed by atoms with Crippen molar-refractivity contribution in [2.24, 2.45) is 0 Å². The van der Waals surface area contributed by atoms with Crippen LogP contribution >= 0.6 is 0 Å². The average Bonchev–Trinajstić information content (AvgIpc) is 2.47. The number of methoxy groups -OCH3 is 1. The van der Waals surface area contributed by atoms with E-state index in [2.05, 4.69) is 15.3 Å². The molecule has 1 aromatic heterocycles. The number of hydrogen-bond donors (Lipinski definition) is 2. The topological polar surface area (TPSA) is 49.9 Å². The minimum atomic E-state index is 0.204. The molecule has 0 fully saturated rings. The molecule has 68 valence electrons. The van der Waals surface area contributed by atoms with Gasteiger partial charge in [-0.1, -0.05) is 0 Å². The zero-order valence-electron chi connectivity index (χ0n) is 7.72. The van der Waals surface area contributed by atoms with E-state index in [1.165, 1.54) is 0 Å². The van der Waals surface area contributed by atoms with Gasteiger partial charge in [0.15, 0.2) is 5.95 Å². The Bertz CT molecular complexity index is 234. The molecule has 1 aromatic rings. The van der Waals surface area contributed by atoms with Crippen molar-refractivity contribution < 1.29 is 4.74 Å². The first kappa shape index (κ1) is 9.06. The van der Waals surface area contributed by atoms with Gasteiger partial charge >= 0.3 is 0 Å². The van der Waals surface area contributed by atoms with Gasteiger partial charge in [0.2, 0.25) is 0 Å².